The summed E-state index contributed by atoms with van der Waals surface area (Å²) in [6.07, 6.45) is 5.26. The van der Waals surface area contributed by atoms with Crippen LogP contribution in [0.15, 0.2) is 41.1 Å². The maximum absolute atomic E-state index is 13.1. The van der Waals surface area contributed by atoms with E-state index in [1.54, 1.807) is 6.07 Å². The molecule has 1 aromatic carbocycles. The maximum Gasteiger partial charge on any atom is 0.228 e. The van der Waals surface area contributed by atoms with E-state index >= 15 is 0 Å². The summed E-state index contributed by atoms with van der Waals surface area (Å²) in [5, 5.41) is 6.87. The van der Waals surface area contributed by atoms with E-state index in [0.29, 0.717) is 18.7 Å². The van der Waals surface area contributed by atoms with Gasteiger partial charge in [-0.2, -0.15) is 0 Å². The molecule has 3 heterocycles. The number of amides is 2. The summed E-state index contributed by atoms with van der Waals surface area (Å²) >= 11 is 0. The Labute approximate surface area is 165 Å². The van der Waals surface area contributed by atoms with Crippen molar-refractivity contribution in [3.8, 4) is 0 Å². The van der Waals surface area contributed by atoms with E-state index in [1.165, 1.54) is 11.8 Å². The van der Waals surface area contributed by atoms with E-state index in [4.69, 9.17) is 4.52 Å². The molecule has 3 atom stereocenters. The van der Waals surface area contributed by atoms with Crippen LogP contribution in [0.5, 0.6) is 0 Å². The number of nitrogens with zero attached hydrogens (tertiary/aromatic N) is 2. The molecule has 2 fully saturated rings. The highest BCUT2D eigenvalue weighted by atomic mass is 16.5. The monoisotopic (exact) mass is 381 g/mol. The minimum atomic E-state index is -0.504. The Kier molecular flexibility index (Phi) is 4.96. The molecule has 2 aromatic rings. The first-order valence-corrected chi connectivity index (χ1v) is 10.1. The van der Waals surface area contributed by atoms with E-state index in [9.17, 15) is 9.59 Å². The van der Waals surface area contributed by atoms with Gasteiger partial charge in [-0.3, -0.25) is 9.59 Å². The van der Waals surface area contributed by atoms with Gasteiger partial charge in [-0.15, -0.1) is 0 Å². The van der Waals surface area contributed by atoms with Crippen LogP contribution in [-0.2, 0) is 22.6 Å². The molecule has 2 aliphatic rings. The van der Waals surface area contributed by atoms with Crippen molar-refractivity contribution in [3.63, 3.8) is 0 Å². The predicted octanol–water partition coefficient (Wildman–Crippen LogP) is 3.00. The summed E-state index contributed by atoms with van der Waals surface area (Å²) in [6, 6.07) is 10.0. The van der Waals surface area contributed by atoms with E-state index in [0.717, 1.165) is 31.2 Å². The molecule has 1 N–H and O–H groups in total. The second-order valence-electron chi connectivity index (χ2n) is 8.10. The highest BCUT2D eigenvalue weighted by Crippen LogP contribution is 2.52. The van der Waals surface area contributed by atoms with Gasteiger partial charge in [0.25, 0.3) is 0 Å². The topological polar surface area (TPSA) is 75.4 Å². The number of aromatic nitrogens is 1. The summed E-state index contributed by atoms with van der Waals surface area (Å²) in [4.78, 5) is 28.3. The standard InChI is InChI=1S/C22H27N3O3/c1-3-22(21(27)23-14-17-10-11-28-24-17)13-18-8-9-19(22)25(18)20(26)12-16-6-4-15(2)5-7-16/h4-7,10-11,18-19H,3,8-9,12-14H2,1-2H3,(H,23,27)/t18-,19+,22+/m0/s1. The van der Waals surface area contributed by atoms with Crippen LogP contribution in [0.3, 0.4) is 0 Å². The third-order valence-corrected chi connectivity index (χ3v) is 6.51. The zero-order valence-corrected chi connectivity index (χ0v) is 16.5. The Morgan fingerprint density at radius 3 is 2.71 bits per heavy atom. The summed E-state index contributed by atoms with van der Waals surface area (Å²) in [6.45, 7) is 4.45. The average Bonchev–Trinajstić information content (AvgIpc) is 3.43. The molecule has 1 aromatic heterocycles. The van der Waals surface area contributed by atoms with Crippen molar-refractivity contribution in [2.75, 3.05) is 0 Å². The lowest BCUT2D eigenvalue weighted by atomic mass is 9.71. The Morgan fingerprint density at radius 2 is 2.04 bits per heavy atom. The SMILES string of the molecule is CC[C@@]1(C(=O)NCc2ccon2)C[C@@H]2CC[C@H]1N2C(=O)Cc1ccc(C)cc1. The van der Waals surface area contributed by atoms with Gasteiger partial charge < -0.3 is 14.7 Å². The number of hydrogen-bond donors (Lipinski definition) is 1. The molecule has 0 spiro atoms. The number of carbonyl (C=O) groups is 2. The molecule has 2 saturated heterocycles. The Morgan fingerprint density at radius 1 is 1.25 bits per heavy atom. The lowest BCUT2D eigenvalue weighted by Crippen LogP contribution is -2.49. The molecule has 4 rings (SSSR count). The second kappa shape index (κ2) is 7.41. The van der Waals surface area contributed by atoms with E-state index < -0.39 is 5.41 Å². The van der Waals surface area contributed by atoms with Crippen LogP contribution in [0, 0.1) is 12.3 Å². The zero-order valence-electron chi connectivity index (χ0n) is 16.5. The Balaban J connectivity index is 1.48. The predicted molar refractivity (Wildman–Crippen MR) is 104 cm³/mol. The highest BCUT2D eigenvalue weighted by Gasteiger charge is 2.59. The van der Waals surface area contributed by atoms with Crippen LogP contribution < -0.4 is 5.32 Å². The van der Waals surface area contributed by atoms with Crippen LogP contribution in [0.4, 0.5) is 0 Å². The van der Waals surface area contributed by atoms with Gasteiger partial charge in [0, 0.05) is 18.2 Å². The molecule has 2 aliphatic heterocycles. The summed E-state index contributed by atoms with van der Waals surface area (Å²) in [5.41, 5.74) is 2.41. The lowest BCUT2D eigenvalue weighted by molar-refractivity contribution is -0.136. The Hall–Kier alpha value is -2.63. The van der Waals surface area contributed by atoms with Gasteiger partial charge >= 0.3 is 0 Å². The summed E-state index contributed by atoms with van der Waals surface area (Å²) in [5.74, 6) is 0.161. The van der Waals surface area contributed by atoms with Crippen LogP contribution in [0.1, 0.15) is 49.4 Å². The van der Waals surface area contributed by atoms with Gasteiger partial charge in [0.05, 0.1) is 18.4 Å². The van der Waals surface area contributed by atoms with Gasteiger partial charge in [-0.1, -0.05) is 41.9 Å². The summed E-state index contributed by atoms with van der Waals surface area (Å²) in [7, 11) is 0. The fourth-order valence-corrected chi connectivity index (χ4v) is 4.99. The molecule has 0 radical (unpaired) electrons. The second-order valence-corrected chi connectivity index (χ2v) is 8.10. The van der Waals surface area contributed by atoms with Gasteiger partial charge in [0.1, 0.15) is 12.0 Å². The third-order valence-electron chi connectivity index (χ3n) is 6.51. The van der Waals surface area contributed by atoms with E-state index in [1.807, 2.05) is 36.1 Å². The van der Waals surface area contributed by atoms with Crippen molar-refractivity contribution in [2.45, 2.75) is 64.6 Å². The van der Waals surface area contributed by atoms with Crippen molar-refractivity contribution in [1.29, 1.82) is 0 Å². The van der Waals surface area contributed by atoms with E-state index in [-0.39, 0.29) is 23.9 Å². The minimum Gasteiger partial charge on any atom is -0.364 e. The fraction of sp³-hybridized carbons (Fsp3) is 0.500. The molecule has 0 aliphatic carbocycles. The van der Waals surface area contributed by atoms with Gasteiger partial charge in [0.15, 0.2) is 0 Å². The molecule has 0 saturated carbocycles. The van der Waals surface area contributed by atoms with Crippen molar-refractivity contribution in [3.05, 3.63) is 53.4 Å². The smallest absolute Gasteiger partial charge is 0.228 e. The van der Waals surface area contributed by atoms with Crippen LogP contribution >= 0.6 is 0 Å². The van der Waals surface area contributed by atoms with Crippen molar-refractivity contribution >= 4 is 11.8 Å². The first-order valence-electron chi connectivity index (χ1n) is 10.1. The first kappa shape index (κ1) is 18.7. The molecular weight excluding hydrogens is 354 g/mol. The molecule has 2 amide bonds. The number of carbonyl (C=O) groups excluding carboxylic acids is 2. The van der Waals surface area contributed by atoms with Crippen molar-refractivity contribution < 1.29 is 14.1 Å². The van der Waals surface area contributed by atoms with Crippen LogP contribution in [0.2, 0.25) is 0 Å². The molecule has 0 unspecified atom stereocenters. The fourth-order valence-electron chi connectivity index (χ4n) is 4.99. The molecule has 6 heteroatoms. The number of benzene rings is 1. The zero-order chi connectivity index (χ0) is 19.7. The average molecular weight is 381 g/mol. The van der Waals surface area contributed by atoms with Gasteiger partial charge in [0.2, 0.25) is 11.8 Å². The Bertz CT molecular complexity index is 846. The molecular formula is C22H27N3O3. The molecule has 2 bridgehead atoms. The number of aryl methyl sites for hydroxylation is 1. The number of fused-ring (bicyclic) bond motifs is 2. The molecule has 148 valence electrons. The number of nitrogens with one attached hydrogen (secondary N) is 1. The van der Waals surface area contributed by atoms with Crippen molar-refractivity contribution in [1.82, 2.24) is 15.4 Å². The largest absolute Gasteiger partial charge is 0.364 e. The normalized spacial score (nSPS) is 25.9. The molecule has 28 heavy (non-hydrogen) atoms. The maximum atomic E-state index is 13.1. The number of rotatable bonds is 6. The van der Waals surface area contributed by atoms with Gasteiger partial charge in [-0.05, 0) is 38.2 Å². The summed E-state index contributed by atoms with van der Waals surface area (Å²) < 4.78 is 4.83. The van der Waals surface area contributed by atoms with Crippen LogP contribution in [-0.4, -0.2) is 34.0 Å². The minimum absolute atomic E-state index is 0.0160. The highest BCUT2D eigenvalue weighted by molar-refractivity contribution is 5.87. The lowest BCUT2D eigenvalue weighted by Gasteiger charge is -2.35. The quantitative estimate of drug-likeness (QED) is 0.835. The van der Waals surface area contributed by atoms with Crippen LogP contribution in [0.25, 0.3) is 0 Å². The number of hydrogen-bond acceptors (Lipinski definition) is 4. The third kappa shape index (κ3) is 3.21. The van der Waals surface area contributed by atoms with Gasteiger partial charge in [-0.25, -0.2) is 0 Å². The molecule has 6 nitrogen and oxygen atoms in total. The first-order chi connectivity index (χ1) is 13.5. The van der Waals surface area contributed by atoms with E-state index in [2.05, 4.69) is 17.4 Å². The van der Waals surface area contributed by atoms with Crippen molar-refractivity contribution in [2.24, 2.45) is 5.41 Å².